The first-order valence-electron chi connectivity index (χ1n) is 12.0. The number of esters is 1. The van der Waals surface area contributed by atoms with E-state index >= 15 is 0 Å². The van der Waals surface area contributed by atoms with Crippen LogP contribution in [0.15, 0.2) is 18.5 Å². The van der Waals surface area contributed by atoms with Gasteiger partial charge in [-0.1, -0.05) is 26.2 Å². The van der Waals surface area contributed by atoms with Crippen molar-refractivity contribution >= 4 is 23.2 Å². The van der Waals surface area contributed by atoms with Crippen molar-refractivity contribution in [2.45, 2.75) is 88.9 Å². The number of hydrogen-bond acceptors (Lipinski definition) is 8. The van der Waals surface area contributed by atoms with Crippen molar-refractivity contribution in [2.75, 3.05) is 11.9 Å². The maximum atomic E-state index is 12.3. The number of nitriles is 1. The number of hydrogen-bond donors (Lipinski definition) is 2. The average molecular weight is 471 g/mol. The standard InChI is InChI=1S/C23H33N5O4.CHN/c1-2-6-20(29)27-22-18-9-8-17(28(18)26-15-25-22)19-10-7-16(32-19)14-31-21(30)13-23(24)11-4-3-5-12-23;1-2/h8-9,15-16,19H,2-7,10-14,24H2,1H3,(H,25,26,27,29);1H. The van der Waals surface area contributed by atoms with Crippen LogP contribution in [0.5, 0.6) is 0 Å². The summed E-state index contributed by atoms with van der Waals surface area (Å²) < 4.78 is 13.4. The Hall–Kier alpha value is -3.03. The molecule has 10 nitrogen and oxygen atoms in total. The number of nitrogens with one attached hydrogen (secondary N) is 1. The molecule has 2 aromatic heterocycles. The number of nitrogens with zero attached hydrogens (tertiary/aromatic N) is 4. The van der Waals surface area contributed by atoms with Crippen LogP contribution in [-0.2, 0) is 19.1 Å². The highest BCUT2D eigenvalue weighted by Gasteiger charge is 2.33. The molecule has 4 rings (SSSR count). The summed E-state index contributed by atoms with van der Waals surface area (Å²) in [5.41, 5.74) is 7.58. The zero-order valence-corrected chi connectivity index (χ0v) is 19.7. The highest BCUT2D eigenvalue weighted by molar-refractivity contribution is 5.93. The van der Waals surface area contributed by atoms with Crippen molar-refractivity contribution in [1.29, 1.82) is 5.26 Å². The van der Waals surface area contributed by atoms with Crippen LogP contribution < -0.4 is 11.1 Å². The van der Waals surface area contributed by atoms with Crippen LogP contribution in [-0.4, -0.2) is 44.7 Å². The molecule has 1 aliphatic carbocycles. The van der Waals surface area contributed by atoms with Gasteiger partial charge >= 0.3 is 5.97 Å². The zero-order chi connectivity index (χ0) is 24.6. The van der Waals surface area contributed by atoms with Crippen LogP contribution in [0.4, 0.5) is 5.82 Å². The molecule has 3 N–H and O–H groups in total. The van der Waals surface area contributed by atoms with E-state index in [9.17, 15) is 9.59 Å². The van der Waals surface area contributed by atoms with E-state index < -0.39 is 5.54 Å². The summed E-state index contributed by atoms with van der Waals surface area (Å²) in [6, 6.07) is 3.83. The minimum absolute atomic E-state index is 0.0673. The van der Waals surface area contributed by atoms with Gasteiger partial charge in [0, 0.05) is 18.5 Å². The van der Waals surface area contributed by atoms with E-state index in [1.807, 2.05) is 19.1 Å². The lowest BCUT2D eigenvalue weighted by molar-refractivity contribution is -0.149. The van der Waals surface area contributed by atoms with Gasteiger partial charge in [-0.3, -0.25) is 9.59 Å². The Morgan fingerprint density at radius 1 is 1.29 bits per heavy atom. The monoisotopic (exact) mass is 470 g/mol. The molecule has 2 unspecified atom stereocenters. The van der Waals surface area contributed by atoms with Gasteiger partial charge in [-0.25, -0.2) is 14.8 Å². The van der Waals surface area contributed by atoms with E-state index in [-0.39, 0.29) is 37.1 Å². The van der Waals surface area contributed by atoms with Crippen molar-refractivity contribution < 1.29 is 19.1 Å². The topological polar surface area (TPSA) is 145 Å². The molecule has 1 saturated heterocycles. The van der Waals surface area contributed by atoms with Crippen LogP contribution in [0.25, 0.3) is 5.52 Å². The lowest BCUT2D eigenvalue weighted by Crippen LogP contribution is -2.44. The van der Waals surface area contributed by atoms with Crippen LogP contribution in [0.1, 0.15) is 82.9 Å². The van der Waals surface area contributed by atoms with E-state index in [4.69, 9.17) is 20.5 Å². The maximum absolute atomic E-state index is 12.3. The fraction of sp³-hybridized carbons (Fsp3) is 0.625. The third-order valence-electron chi connectivity index (χ3n) is 6.43. The largest absolute Gasteiger partial charge is 0.463 e. The minimum Gasteiger partial charge on any atom is -0.463 e. The third kappa shape index (κ3) is 6.30. The summed E-state index contributed by atoms with van der Waals surface area (Å²) in [4.78, 5) is 28.5. The van der Waals surface area contributed by atoms with Crippen molar-refractivity contribution in [2.24, 2.45) is 5.73 Å². The number of ether oxygens (including phenoxy) is 2. The van der Waals surface area contributed by atoms with Gasteiger partial charge < -0.3 is 20.5 Å². The first-order valence-corrected chi connectivity index (χ1v) is 12.0. The molecule has 10 heteroatoms. The van der Waals surface area contributed by atoms with Crippen LogP contribution in [0.3, 0.4) is 0 Å². The van der Waals surface area contributed by atoms with Crippen molar-refractivity contribution in [3.63, 3.8) is 0 Å². The smallest absolute Gasteiger partial charge is 0.307 e. The summed E-state index contributed by atoms with van der Waals surface area (Å²) >= 11 is 0. The number of rotatable bonds is 8. The molecule has 2 aromatic rings. The van der Waals surface area contributed by atoms with Gasteiger partial charge in [0.2, 0.25) is 5.91 Å². The molecule has 2 fully saturated rings. The predicted molar refractivity (Wildman–Crippen MR) is 126 cm³/mol. The molecule has 2 atom stereocenters. The molecule has 1 amide bonds. The second-order valence-corrected chi connectivity index (χ2v) is 9.07. The summed E-state index contributed by atoms with van der Waals surface area (Å²) in [5.74, 6) is 0.184. The minimum atomic E-state index is -0.413. The molecule has 34 heavy (non-hydrogen) atoms. The van der Waals surface area contributed by atoms with Gasteiger partial charge in [0.25, 0.3) is 0 Å². The first kappa shape index (κ1) is 25.6. The number of carbonyl (C=O) groups is 2. The number of anilines is 1. The second kappa shape index (κ2) is 11.9. The van der Waals surface area contributed by atoms with Gasteiger partial charge in [-0.15, -0.1) is 0 Å². The summed E-state index contributed by atoms with van der Waals surface area (Å²) in [6.07, 6.45) is 9.33. The Morgan fingerprint density at radius 2 is 2.06 bits per heavy atom. The predicted octanol–water partition coefficient (Wildman–Crippen LogP) is 3.42. The highest BCUT2D eigenvalue weighted by Crippen LogP contribution is 2.34. The molecule has 0 bridgehead atoms. The lowest BCUT2D eigenvalue weighted by atomic mass is 9.80. The van der Waals surface area contributed by atoms with Gasteiger partial charge in [0.1, 0.15) is 24.6 Å². The number of carbonyl (C=O) groups excluding carboxylic acids is 2. The van der Waals surface area contributed by atoms with E-state index in [2.05, 4.69) is 22.0 Å². The molecule has 1 aliphatic heterocycles. The average Bonchev–Trinajstić information content (AvgIpc) is 3.47. The summed E-state index contributed by atoms with van der Waals surface area (Å²) in [7, 11) is 0. The lowest BCUT2D eigenvalue weighted by Gasteiger charge is -2.32. The van der Waals surface area contributed by atoms with E-state index in [1.54, 1.807) is 4.52 Å². The summed E-state index contributed by atoms with van der Waals surface area (Å²) in [5, 5.41) is 13.7. The Labute approximate surface area is 199 Å². The third-order valence-corrected chi connectivity index (χ3v) is 6.43. The maximum Gasteiger partial charge on any atom is 0.307 e. The number of fused-ring (bicyclic) bond motifs is 1. The van der Waals surface area contributed by atoms with Crippen molar-refractivity contribution in [3.8, 4) is 6.57 Å². The molecule has 0 spiro atoms. The fourth-order valence-corrected chi connectivity index (χ4v) is 4.72. The molecule has 184 valence electrons. The Kier molecular flexibility index (Phi) is 8.96. The summed E-state index contributed by atoms with van der Waals surface area (Å²) in [6.45, 7) is 5.70. The Bertz CT molecular complexity index is 998. The number of nitrogens with two attached hydrogens (primary N) is 1. The molecule has 0 aromatic carbocycles. The number of amides is 1. The van der Waals surface area contributed by atoms with Gasteiger partial charge in [-0.2, -0.15) is 5.10 Å². The number of aromatic nitrogens is 3. The molecule has 0 radical (unpaired) electrons. The molecule has 3 heterocycles. The van der Waals surface area contributed by atoms with Crippen LogP contribution in [0, 0.1) is 11.8 Å². The van der Waals surface area contributed by atoms with Gasteiger partial charge in [-0.05, 0) is 44.2 Å². The SMILES string of the molecule is C#N.CCCC(=O)Nc1ncnn2c(C3CCC(COC(=O)CC4(N)CCCCC4)O3)ccc12. The van der Waals surface area contributed by atoms with Gasteiger partial charge in [0.15, 0.2) is 5.82 Å². The van der Waals surface area contributed by atoms with E-state index in [1.165, 1.54) is 12.7 Å². The van der Waals surface area contributed by atoms with Crippen LogP contribution in [0.2, 0.25) is 0 Å². The Balaban J connectivity index is 0.00000158. The Morgan fingerprint density at radius 3 is 2.79 bits per heavy atom. The molecule has 1 saturated carbocycles. The molecule has 2 aliphatic rings. The van der Waals surface area contributed by atoms with Crippen LogP contribution >= 0.6 is 0 Å². The van der Waals surface area contributed by atoms with Crippen molar-refractivity contribution in [1.82, 2.24) is 14.6 Å². The van der Waals surface area contributed by atoms with Crippen molar-refractivity contribution in [3.05, 3.63) is 24.2 Å². The molecular weight excluding hydrogens is 436 g/mol. The van der Waals surface area contributed by atoms with Gasteiger partial charge in [0.05, 0.1) is 18.2 Å². The first-order chi connectivity index (χ1) is 16.5. The second-order valence-electron chi connectivity index (χ2n) is 9.07. The quantitative estimate of drug-likeness (QED) is 0.558. The normalized spacial score (nSPS) is 21.4. The van der Waals surface area contributed by atoms with E-state index in [0.29, 0.717) is 12.2 Å². The van der Waals surface area contributed by atoms with E-state index in [0.717, 1.165) is 56.2 Å². The highest BCUT2D eigenvalue weighted by atomic mass is 16.6. The zero-order valence-electron chi connectivity index (χ0n) is 19.7. The molecular formula is C24H34N6O4. The fourth-order valence-electron chi connectivity index (χ4n) is 4.72.